The molecular weight excluding hydrogens is 434 g/mol. The molecule has 3 aromatic rings. The van der Waals surface area contributed by atoms with Crippen molar-refractivity contribution < 1.29 is 19.7 Å². The van der Waals surface area contributed by atoms with Gasteiger partial charge in [0.15, 0.2) is 0 Å². The van der Waals surface area contributed by atoms with E-state index >= 15 is 0 Å². The van der Waals surface area contributed by atoms with E-state index < -0.39 is 5.97 Å². The third kappa shape index (κ3) is 8.07. The molecule has 1 aromatic heterocycles. The number of aliphatic hydroxyl groups is 1. The van der Waals surface area contributed by atoms with Gasteiger partial charge in [-0.3, -0.25) is 9.69 Å². The van der Waals surface area contributed by atoms with Crippen LogP contribution in [0.4, 0.5) is 0 Å². The number of aliphatic carboxylic acids is 1. The van der Waals surface area contributed by atoms with Crippen LogP contribution < -0.4 is 4.74 Å². The number of nitrogens with zero attached hydrogens (tertiary/aromatic N) is 1. The van der Waals surface area contributed by atoms with E-state index in [9.17, 15) is 9.90 Å². The second kappa shape index (κ2) is 12.8. The molecule has 2 aromatic carbocycles. The Kier molecular flexibility index (Phi) is 9.52. The molecule has 0 aliphatic rings. The molecule has 5 nitrogen and oxygen atoms in total. The van der Waals surface area contributed by atoms with Crippen molar-refractivity contribution >= 4 is 17.3 Å². The normalized spacial score (nSPS) is 11.6. The Morgan fingerprint density at radius 2 is 1.85 bits per heavy atom. The molecule has 172 valence electrons. The van der Waals surface area contributed by atoms with Gasteiger partial charge in [0.25, 0.3) is 0 Å². The molecular formula is C27H29NO4S. The number of hydrogen-bond donors (Lipinski definition) is 2. The molecule has 33 heavy (non-hydrogen) atoms. The highest BCUT2D eigenvalue weighted by Gasteiger charge is 2.13. The molecule has 0 fully saturated rings. The van der Waals surface area contributed by atoms with Crippen LogP contribution in [0, 0.1) is 11.8 Å². The minimum atomic E-state index is -0.865. The summed E-state index contributed by atoms with van der Waals surface area (Å²) in [4.78, 5) is 13.3. The van der Waals surface area contributed by atoms with Crippen LogP contribution in [-0.4, -0.2) is 34.2 Å². The zero-order valence-electron chi connectivity index (χ0n) is 18.7. The molecule has 0 aliphatic carbocycles. The molecule has 0 saturated carbocycles. The van der Waals surface area contributed by atoms with E-state index in [1.807, 2.05) is 36.4 Å². The Labute approximate surface area is 199 Å². The van der Waals surface area contributed by atoms with Crippen molar-refractivity contribution in [3.05, 3.63) is 87.6 Å². The van der Waals surface area contributed by atoms with Crippen molar-refractivity contribution in [2.24, 2.45) is 0 Å². The maximum atomic E-state index is 11.1. The Balaban J connectivity index is 1.59. The fraction of sp³-hybridized carbons (Fsp3) is 0.296. The van der Waals surface area contributed by atoms with E-state index in [-0.39, 0.29) is 18.9 Å². The predicted octanol–water partition coefficient (Wildman–Crippen LogP) is 4.90. The number of carboxylic acid groups (broad SMARTS) is 1. The Hall–Kier alpha value is -3.11. The van der Waals surface area contributed by atoms with Gasteiger partial charge in [0.2, 0.25) is 0 Å². The van der Waals surface area contributed by atoms with Crippen LogP contribution in [0.15, 0.2) is 65.4 Å². The van der Waals surface area contributed by atoms with Crippen LogP contribution in [0.1, 0.15) is 41.5 Å². The first kappa shape index (κ1) is 24.5. The Morgan fingerprint density at radius 3 is 2.52 bits per heavy atom. The molecule has 3 rings (SSSR count). The third-order valence-corrected chi connectivity index (χ3v) is 5.92. The lowest BCUT2D eigenvalue weighted by molar-refractivity contribution is -0.137. The van der Waals surface area contributed by atoms with Crippen LogP contribution in [0.2, 0.25) is 0 Å². The number of thiophene rings is 1. The van der Waals surface area contributed by atoms with E-state index in [1.54, 1.807) is 18.3 Å². The van der Waals surface area contributed by atoms with Crippen LogP contribution in [0.25, 0.3) is 0 Å². The highest BCUT2D eigenvalue weighted by atomic mass is 32.1. The van der Waals surface area contributed by atoms with E-state index in [2.05, 4.69) is 45.7 Å². The summed E-state index contributed by atoms with van der Waals surface area (Å²) in [5, 5.41) is 22.7. The molecule has 0 amide bonds. The lowest BCUT2D eigenvalue weighted by Crippen LogP contribution is -2.25. The number of benzene rings is 2. The first-order valence-corrected chi connectivity index (χ1v) is 11.8. The standard InChI is InChI=1S/C27H29NO4S/c1-2-4-25(16-27(30)31)24-7-9-26(10-8-24)32-19-22-6-3-5-21(15-22)17-28(12-13-29)18-23-11-14-33-20-23/h3,5-11,14-15,20,25,29H,12-13,16-19H2,1H3,(H,30,31)/t25-/m0/s1. The molecule has 1 heterocycles. The summed E-state index contributed by atoms with van der Waals surface area (Å²) in [5.74, 6) is 5.31. The average molecular weight is 464 g/mol. The smallest absolute Gasteiger partial charge is 0.304 e. The molecule has 0 radical (unpaired) electrons. The van der Waals surface area contributed by atoms with Gasteiger partial charge < -0.3 is 14.9 Å². The van der Waals surface area contributed by atoms with Crippen molar-refractivity contribution in [3.63, 3.8) is 0 Å². The Bertz CT molecular complexity index is 1070. The highest BCUT2D eigenvalue weighted by Crippen LogP contribution is 2.23. The van der Waals surface area contributed by atoms with Gasteiger partial charge in [-0.15, -0.1) is 5.92 Å². The minimum Gasteiger partial charge on any atom is -0.489 e. The van der Waals surface area contributed by atoms with E-state index in [0.29, 0.717) is 13.2 Å². The number of aliphatic hydroxyl groups excluding tert-OH is 1. The van der Waals surface area contributed by atoms with Crippen molar-refractivity contribution in [1.29, 1.82) is 0 Å². The zero-order chi connectivity index (χ0) is 23.5. The largest absolute Gasteiger partial charge is 0.489 e. The maximum absolute atomic E-state index is 11.1. The van der Waals surface area contributed by atoms with Gasteiger partial charge in [0, 0.05) is 19.6 Å². The monoisotopic (exact) mass is 463 g/mol. The first-order valence-electron chi connectivity index (χ1n) is 10.9. The molecule has 2 N–H and O–H groups in total. The van der Waals surface area contributed by atoms with Gasteiger partial charge in [-0.05, 0) is 58.1 Å². The lowest BCUT2D eigenvalue weighted by atomic mass is 9.96. The number of hydrogen-bond acceptors (Lipinski definition) is 5. The lowest BCUT2D eigenvalue weighted by Gasteiger charge is -2.21. The number of carboxylic acids is 1. The van der Waals surface area contributed by atoms with E-state index in [4.69, 9.17) is 9.84 Å². The Morgan fingerprint density at radius 1 is 1.09 bits per heavy atom. The minimum absolute atomic E-state index is 0.0203. The van der Waals surface area contributed by atoms with Gasteiger partial charge in [-0.25, -0.2) is 0 Å². The molecule has 0 saturated heterocycles. The van der Waals surface area contributed by atoms with Crippen LogP contribution >= 0.6 is 11.3 Å². The molecule has 0 aliphatic heterocycles. The van der Waals surface area contributed by atoms with Crippen LogP contribution in [0.5, 0.6) is 5.75 Å². The van der Waals surface area contributed by atoms with Crippen molar-refractivity contribution in [2.75, 3.05) is 13.2 Å². The highest BCUT2D eigenvalue weighted by molar-refractivity contribution is 7.07. The van der Waals surface area contributed by atoms with Crippen LogP contribution in [0.3, 0.4) is 0 Å². The zero-order valence-corrected chi connectivity index (χ0v) is 19.6. The third-order valence-electron chi connectivity index (χ3n) is 5.19. The van der Waals surface area contributed by atoms with Crippen molar-refractivity contribution in [3.8, 4) is 17.6 Å². The molecule has 0 bridgehead atoms. The van der Waals surface area contributed by atoms with Crippen molar-refractivity contribution in [2.45, 2.75) is 39.0 Å². The quantitative estimate of drug-likeness (QED) is 0.374. The van der Waals surface area contributed by atoms with Gasteiger partial charge >= 0.3 is 5.97 Å². The van der Waals surface area contributed by atoms with Crippen molar-refractivity contribution in [1.82, 2.24) is 4.90 Å². The maximum Gasteiger partial charge on any atom is 0.304 e. The summed E-state index contributed by atoms with van der Waals surface area (Å²) in [7, 11) is 0. The van der Waals surface area contributed by atoms with Gasteiger partial charge in [-0.2, -0.15) is 11.3 Å². The molecule has 0 unspecified atom stereocenters. The molecule has 0 spiro atoms. The summed E-state index contributed by atoms with van der Waals surface area (Å²) >= 11 is 1.68. The fourth-order valence-electron chi connectivity index (χ4n) is 3.64. The fourth-order valence-corrected chi connectivity index (χ4v) is 4.30. The first-order chi connectivity index (χ1) is 16.1. The number of ether oxygens (including phenoxy) is 1. The summed E-state index contributed by atoms with van der Waals surface area (Å²) < 4.78 is 5.96. The number of carbonyl (C=O) groups is 1. The van der Waals surface area contributed by atoms with Crippen LogP contribution in [-0.2, 0) is 24.5 Å². The van der Waals surface area contributed by atoms with E-state index in [1.165, 1.54) is 11.1 Å². The molecule has 6 heteroatoms. The molecule has 1 atom stereocenters. The summed E-state index contributed by atoms with van der Waals surface area (Å²) in [6.07, 6.45) is -0.0203. The van der Waals surface area contributed by atoms with Gasteiger partial charge in [0.05, 0.1) is 18.9 Å². The van der Waals surface area contributed by atoms with Gasteiger partial charge in [-0.1, -0.05) is 42.3 Å². The summed E-state index contributed by atoms with van der Waals surface area (Å²) in [6, 6.07) is 17.9. The van der Waals surface area contributed by atoms with Gasteiger partial charge in [0.1, 0.15) is 12.4 Å². The second-order valence-electron chi connectivity index (χ2n) is 7.79. The summed E-state index contributed by atoms with van der Waals surface area (Å²) in [6.45, 7) is 4.45. The predicted molar refractivity (Wildman–Crippen MR) is 131 cm³/mol. The average Bonchev–Trinajstić information content (AvgIpc) is 3.31. The topological polar surface area (TPSA) is 70.0 Å². The SMILES string of the molecule is CC#C[C@@H](CC(=O)O)c1ccc(OCc2cccc(CN(CCO)Cc3ccsc3)c2)cc1. The van der Waals surface area contributed by atoms with E-state index in [0.717, 1.165) is 30.0 Å². The summed E-state index contributed by atoms with van der Waals surface area (Å²) in [5.41, 5.74) is 4.36. The number of rotatable bonds is 12. The second-order valence-corrected chi connectivity index (χ2v) is 8.57.